The Morgan fingerprint density at radius 2 is 2.06 bits per heavy atom. The molecule has 0 aliphatic rings. The number of benzene rings is 1. The van der Waals surface area contributed by atoms with Crippen LogP contribution < -0.4 is 15.8 Å². The summed E-state index contributed by atoms with van der Waals surface area (Å²) in [6, 6.07) is 14.7. The van der Waals surface area contributed by atoms with E-state index in [0.717, 1.165) is 10.9 Å². The van der Waals surface area contributed by atoms with E-state index in [-0.39, 0.29) is 18.3 Å². The summed E-state index contributed by atoms with van der Waals surface area (Å²) in [6.45, 7) is 0.972. The average Bonchev–Trinajstić information content (AvgIpc) is 3.19. The zero-order chi connectivity index (χ0) is 21.6. The van der Waals surface area contributed by atoms with E-state index in [1.54, 1.807) is 31.6 Å². The lowest BCUT2D eigenvalue weighted by Gasteiger charge is -2.07. The quantitative estimate of drug-likeness (QED) is 0.450. The Hall–Kier alpha value is -3.91. The van der Waals surface area contributed by atoms with Gasteiger partial charge in [0.2, 0.25) is 0 Å². The number of aromatic nitrogens is 2. The molecule has 1 amide bonds. The maximum absolute atomic E-state index is 12.5. The molecule has 0 atom stereocenters. The topological polar surface area (TPSA) is 112 Å². The second-order valence-electron chi connectivity index (χ2n) is 6.91. The number of hydrogen-bond donors (Lipinski definition) is 2. The number of nitrogens with one attached hydrogen (secondary N) is 1. The van der Waals surface area contributed by atoms with Crippen molar-refractivity contribution in [2.45, 2.75) is 19.8 Å². The van der Waals surface area contributed by atoms with E-state index >= 15 is 0 Å². The van der Waals surface area contributed by atoms with Crippen LogP contribution in [-0.2, 0) is 24.5 Å². The van der Waals surface area contributed by atoms with Gasteiger partial charge in [-0.05, 0) is 36.4 Å². The summed E-state index contributed by atoms with van der Waals surface area (Å²) in [5.74, 6) is 1.15. The molecule has 31 heavy (non-hydrogen) atoms. The number of methoxy groups -OCH3 is 1. The van der Waals surface area contributed by atoms with Crippen molar-refractivity contribution in [1.29, 1.82) is 0 Å². The second kappa shape index (κ2) is 9.27. The minimum atomic E-state index is -0.324. The Morgan fingerprint density at radius 1 is 1.16 bits per heavy atom. The van der Waals surface area contributed by atoms with Gasteiger partial charge in [0.1, 0.15) is 29.5 Å². The van der Waals surface area contributed by atoms with Gasteiger partial charge < -0.3 is 24.9 Å². The lowest BCUT2D eigenvalue weighted by Crippen LogP contribution is -2.24. The standard InChI is InChI=1S/C23H22N4O4/c1-29-14-17-5-7-20(22(24)27-17)23(28)26-12-19-9-16-4-6-18(10-21(16)31-19)30-13-15-3-2-8-25-11-15/h2-11H,12-14H2,1H3,(H2,24,27)(H,26,28). The smallest absolute Gasteiger partial charge is 0.255 e. The van der Waals surface area contributed by atoms with Gasteiger partial charge in [0, 0.05) is 36.5 Å². The predicted molar refractivity (Wildman–Crippen MR) is 115 cm³/mol. The highest BCUT2D eigenvalue weighted by atomic mass is 16.5. The van der Waals surface area contributed by atoms with Crippen LogP contribution in [-0.4, -0.2) is 23.0 Å². The molecule has 0 saturated carbocycles. The molecule has 3 aromatic heterocycles. The van der Waals surface area contributed by atoms with Crippen molar-refractivity contribution >= 4 is 22.7 Å². The summed E-state index contributed by atoms with van der Waals surface area (Å²) in [7, 11) is 1.57. The second-order valence-corrected chi connectivity index (χ2v) is 6.91. The maximum atomic E-state index is 12.5. The van der Waals surface area contributed by atoms with Crippen molar-refractivity contribution in [1.82, 2.24) is 15.3 Å². The van der Waals surface area contributed by atoms with E-state index in [9.17, 15) is 4.79 Å². The van der Waals surface area contributed by atoms with E-state index in [1.807, 2.05) is 36.4 Å². The molecule has 0 unspecified atom stereocenters. The molecule has 8 heteroatoms. The molecule has 1 aromatic carbocycles. The van der Waals surface area contributed by atoms with Gasteiger partial charge in [0.05, 0.1) is 24.4 Å². The SMILES string of the molecule is COCc1ccc(C(=O)NCc2cc3ccc(OCc4cccnc4)cc3o2)c(N)n1. The van der Waals surface area contributed by atoms with Crippen LogP contribution in [0.5, 0.6) is 5.75 Å². The number of rotatable bonds is 8. The molecule has 0 saturated heterocycles. The highest BCUT2D eigenvalue weighted by molar-refractivity contribution is 5.98. The van der Waals surface area contributed by atoms with Gasteiger partial charge in [-0.25, -0.2) is 4.98 Å². The van der Waals surface area contributed by atoms with Gasteiger partial charge in [-0.2, -0.15) is 0 Å². The number of amides is 1. The fraction of sp³-hybridized carbons (Fsp3) is 0.174. The predicted octanol–water partition coefficient (Wildman–Crippen LogP) is 3.46. The zero-order valence-electron chi connectivity index (χ0n) is 17.0. The average molecular weight is 418 g/mol. The van der Waals surface area contributed by atoms with Crippen molar-refractivity contribution in [3.05, 3.63) is 83.5 Å². The number of furan rings is 1. The molecule has 0 bridgehead atoms. The molecule has 8 nitrogen and oxygen atoms in total. The third-order valence-electron chi connectivity index (χ3n) is 4.61. The molecule has 0 fully saturated rings. The Labute approximate surface area is 179 Å². The number of nitrogens with zero attached hydrogens (tertiary/aromatic N) is 2. The molecule has 3 N–H and O–H groups in total. The van der Waals surface area contributed by atoms with E-state index in [4.69, 9.17) is 19.6 Å². The lowest BCUT2D eigenvalue weighted by molar-refractivity contribution is 0.0948. The molecule has 3 heterocycles. The summed E-state index contributed by atoms with van der Waals surface area (Å²) in [4.78, 5) is 20.7. The monoisotopic (exact) mass is 418 g/mol. The fourth-order valence-corrected chi connectivity index (χ4v) is 3.09. The van der Waals surface area contributed by atoms with Crippen LogP contribution >= 0.6 is 0 Å². The van der Waals surface area contributed by atoms with Gasteiger partial charge in [-0.15, -0.1) is 0 Å². The summed E-state index contributed by atoms with van der Waals surface area (Å²) in [5, 5.41) is 3.73. The number of nitrogens with two attached hydrogens (primary N) is 1. The van der Waals surface area contributed by atoms with Crippen LogP contribution in [0.1, 0.15) is 27.4 Å². The first-order valence-corrected chi connectivity index (χ1v) is 9.69. The molecule has 0 aliphatic heterocycles. The minimum absolute atomic E-state index is 0.159. The highest BCUT2D eigenvalue weighted by Gasteiger charge is 2.13. The number of fused-ring (bicyclic) bond motifs is 1. The van der Waals surface area contributed by atoms with Gasteiger partial charge >= 0.3 is 0 Å². The lowest BCUT2D eigenvalue weighted by atomic mass is 10.2. The normalized spacial score (nSPS) is 10.9. The van der Waals surface area contributed by atoms with Crippen LogP contribution in [0.2, 0.25) is 0 Å². The third kappa shape index (κ3) is 4.99. The molecular formula is C23H22N4O4. The summed E-state index contributed by atoms with van der Waals surface area (Å²) in [6.07, 6.45) is 3.49. The number of anilines is 1. The summed E-state index contributed by atoms with van der Waals surface area (Å²) >= 11 is 0. The van der Waals surface area contributed by atoms with Crippen LogP contribution in [0.15, 0.2) is 65.3 Å². The van der Waals surface area contributed by atoms with Gasteiger partial charge in [0.25, 0.3) is 5.91 Å². The van der Waals surface area contributed by atoms with E-state index in [0.29, 0.717) is 41.6 Å². The van der Waals surface area contributed by atoms with Crippen LogP contribution in [0, 0.1) is 0 Å². The molecule has 158 valence electrons. The Morgan fingerprint density at radius 3 is 2.84 bits per heavy atom. The zero-order valence-corrected chi connectivity index (χ0v) is 17.0. The van der Waals surface area contributed by atoms with Crippen molar-refractivity contribution in [3.63, 3.8) is 0 Å². The Bertz CT molecular complexity index is 1190. The van der Waals surface area contributed by atoms with Crippen molar-refractivity contribution in [2.24, 2.45) is 0 Å². The summed E-state index contributed by atoms with van der Waals surface area (Å²) in [5.41, 5.74) is 8.53. The Balaban J connectivity index is 1.39. The summed E-state index contributed by atoms with van der Waals surface area (Å²) < 4.78 is 16.7. The minimum Gasteiger partial charge on any atom is -0.489 e. The number of carbonyl (C=O) groups is 1. The number of nitrogen functional groups attached to an aromatic ring is 1. The largest absolute Gasteiger partial charge is 0.489 e. The maximum Gasteiger partial charge on any atom is 0.255 e. The number of carbonyl (C=O) groups excluding carboxylic acids is 1. The highest BCUT2D eigenvalue weighted by Crippen LogP contribution is 2.25. The Kier molecular flexibility index (Phi) is 6.09. The number of ether oxygens (including phenoxy) is 2. The van der Waals surface area contributed by atoms with E-state index in [2.05, 4.69) is 15.3 Å². The molecule has 4 rings (SSSR count). The van der Waals surface area contributed by atoms with Crippen LogP contribution in [0.3, 0.4) is 0 Å². The molecule has 0 aliphatic carbocycles. The van der Waals surface area contributed by atoms with Crippen molar-refractivity contribution < 1.29 is 18.7 Å². The number of pyridine rings is 2. The van der Waals surface area contributed by atoms with Gasteiger partial charge in [-0.3, -0.25) is 9.78 Å². The first-order chi connectivity index (χ1) is 15.1. The molecule has 0 radical (unpaired) electrons. The first-order valence-electron chi connectivity index (χ1n) is 9.69. The first kappa shape index (κ1) is 20.4. The fourth-order valence-electron chi connectivity index (χ4n) is 3.09. The molecule has 4 aromatic rings. The van der Waals surface area contributed by atoms with Crippen molar-refractivity contribution in [3.8, 4) is 5.75 Å². The van der Waals surface area contributed by atoms with Gasteiger partial charge in [-0.1, -0.05) is 6.07 Å². The third-order valence-corrected chi connectivity index (χ3v) is 4.61. The molecule has 0 spiro atoms. The van der Waals surface area contributed by atoms with Crippen LogP contribution in [0.25, 0.3) is 11.0 Å². The van der Waals surface area contributed by atoms with E-state index < -0.39 is 0 Å². The van der Waals surface area contributed by atoms with Crippen LogP contribution in [0.4, 0.5) is 5.82 Å². The molecular weight excluding hydrogens is 396 g/mol. The van der Waals surface area contributed by atoms with Crippen molar-refractivity contribution in [2.75, 3.05) is 12.8 Å². The van der Waals surface area contributed by atoms with Gasteiger partial charge in [0.15, 0.2) is 0 Å². The van der Waals surface area contributed by atoms with E-state index in [1.165, 1.54) is 0 Å². The number of hydrogen-bond acceptors (Lipinski definition) is 7.